The Balaban J connectivity index is 1.72. The fourth-order valence-electron chi connectivity index (χ4n) is 2.82. The van der Waals surface area contributed by atoms with Crippen LogP contribution in [0.1, 0.15) is 28.4 Å². The molecule has 4 rings (SSSR count). The third-order valence-corrected chi connectivity index (χ3v) is 4.25. The Kier molecular flexibility index (Phi) is 4.48. The molecule has 1 aromatic carbocycles. The minimum atomic E-state index is -0.485. The number of aryl methyl sites for hydroxylation is 1. The summed E-state index contributed by atoms with van der Waals surface area (Å²) in [5.41, 5.74) is 2.82. The zero-order valence-electron chi connectivity index (χ0n) is 15.4. The number of carbonyl (C=O) groups excluding carboxylic acids is 1. The lowest BCUT2D eigenvalue weighted by molar-refractivity contribution is 0.0526. The molecule has 0 unspecified atom stereocenters. The van der Waals surface area contributed by atoms with E-state index in [0.717, 1.165) is 5.56 Å². The van der Waals surface area contributed by atoms with Gasteiger partial charge in [-0.3, -0.25) is 9.78 Å². The summed E-state index contributed by atoms with van der Waals surface area (Å²) in [7, 11) is 0. The summed E-state index contributed by atoms with van der Waals surface area (Å²) in [5.74, 6) is -0.291. The highest BCUT2D eigenvalue weighted by Gasteiger charge is 2.15. The predicted octanol–water partition coefficient (Wildman–Crippen LogP) is 1.84. The molecule has 0 amide bonds. The predicted molar refractivity (Wildman–Crippen MR) is 102 cm³/mol. The number of rotatable bonds is 5. The van der Waals surface area contributed by atoms with Crippen molar-refractivity contribution in [3.05, 3.63) is 70.0 Å². The van der Waals surface area contributed by atoms with E-state index in [1.54, 1.807) is 17.8 Å². The lowest BCUT2D eigenvalue weighted by atomic mass is 10.1. The van der Waals surface area contributed by atoms with Crippen LogP contribution in [-0.2, 0) is 11.3 Å². The van der Waals surface area contributed by atoms with E-state index in [1.807, 2.05) is 31.2 Å². The molecule has 0 fully saturated rings. The van der Waals surface area contributed by atoms with Crippen LogP contribution in [0.3, 0.4) is 0 Å². The van der Waals surface area contributed by atoms with Gasteiger partial charge in [-0.15, -0.1) is 0 Å². The average molecular weight is 378 g/mol. The molecule has 1 N–H and O–H groups in total. The van der Waals surface area contributed by atoms with E-state index >= 15 is 0 Å². The fourth-order valence-corrected chi connectivity index (χ4v) is 2.82. The molecule has 142 valence electrons. The summed E-state index contributed by atoms with van der Waals surface area (Å²) in [4.78, 5) is 35.6. The molecule has 0 saturated heterocycles. The average Bonchev–Trinajstić information content (AvgIpc) is 3.32. The summed E-state index contributed by atoms with van der Waals surface area (Å²) in [6.07, 6.45) is 4.41. The number of fused-ring (bicyclic) bond motifs is 1. The van der Waals surface area contributed by atoms with E-state index in [0.29, 0.717) is 12.2 Å². The van der Waals surface area contributed by atoms with E-state index in [1.165, 1.54) is 22.6 Å². The molecular formula is C19H18N6O3. The third-order valence-electron chi connectivity index (χ3n) is 4.25. The standard InChI is InChI=1S/C19H18N6O3/c1-3-28-18(27)14-8-21-25(10-14)19-22-16-15(17(26)23-19)20-11-24(16)9-13-6-4-12(2)5-7-13/h4-8,10-11H,3,9H2,1-2H3,(H,22,23,26). The molecule has 0 bridgehead atoms. The Morgan fingerprint density at radius 2 is 2.04 bits per heavy atom. The normalized spacial score (nSPS) is 11.1. The first-order valence-electron chi connectivity index (χ1n) is 8.78. The smallest absolute Gasteiger partial charge is 0.341 e. The van der Waals surface area contributed by atoms with Gasteiger partial charge in [0, 0.05) is 6.20 Å². The number of H-pyrrole nitrogens is 1. The van der Waals surface area contributed by atoms with Gasteiger partial charge in [0.1, 0.15) is 0 Å². The summed E-state index contributed by atoms with van der Waals surface area (Å²) in [6.45, 7) is 4.55. The molecule has 0 aliphatic carbocycles. The number of hydrogen-bond acceptors (Lipinski definition) is 6. The van der Waals surface area contributed by atoms with E-state index in [2.05, 4.69) is 20.1 Å². The van der Waals surface area contributed by atoms with Crippen molar-refractivity contribution in [1.29, 1.82) is 0 Å². The van der Waals surface area contributed by atoms with Crippen molar-refractivity contribution in [3.8, 4) is 5.95 Å². The van der Waals surface area contributed by atoms with Crippen LogP contribution in [0, 0.1) is 6.92 Å². The highest BCUT2D eigenvalue weighted by atomic mass is 16.5. The number of aromatic nitrogens is 6. The maximum atomic E-state index is 12.4. The quantitative estimate of drug-likeness (QED) is 0.531. The number of ether oxygens (including phenoxy) is 1. The first kappa shape index (κ1) is 17.7. The van der Waals surface area contributed by atoms with Crippen molar-refractivity contribution in [2.45, 2.75) is 20.4 Å². The van der Waals surface area contributed by atoms with Gasteiger partial charge in [-0.25, -0.2) is 14.5 Å². The van der Waals surface area contributed by atoms with Crippen LogP contribution in [0.15, 0.2) is 47.8 Å². The molecule has 3 aromatic heterocycles. The van der Waals surface area contributed by atoms with Gasteiger partial charge < -0.3 is 9.30 Å². The van der Waals surface area contributed by atoms with Gasteiger partial charge >= 0.3 is 5.97 Å². The van der Waals surface area contributed by atoms with Crippen molar-refractivity contribution in [3.63, 3.8) is 0 Å². The summed E-state index contributed by atoms with van der Waals surface area (Å²) >= 11 is 0. The van der Waals surface area contributed by atoms with E-state index in [-0.39, 0.29) is 29.2 Å². The number of aromatic amines is 1. The van der Waals surface area contributed by atoms with Gasteiger partial charge in [0.25, 0.3) is 5.56 Å². The number of nitrogens with one attached hydrogen (secondary N) is 1. The zero-order valence-corrected chi connectivity index (χ0v) is 15.4. The summed E-state index contributed by atoms with van der Waals surface area (Å²) in [6, 6.07) is 8.10. The Labute approximate surface area is 159 Å². The molecule has 0 aliphatic heterocycles. The van der Waals surface area contributed by atoms with Crippen LogP contribution in [0.25, 0.3) is 17.1 Å². The highest BCUT2D eigenvalue weighted by molar-refractivity contribution is 5.88. The molecule has 0 spiro atoms. The van der Waals surface area contributed by atoms with Crippen molar-refractivity contribution in [2.24, 2.45) is 0 Å². The van der Waals surface area contributed by atoms with Crippen molar-refractivity contribution in [1.82, 2.24) is 29.3 Å². The van der Waals surface area contributed by atoms with E-state index < -0.39 is 5.97 Å². The van der Waals surface area contributed by atoms with Crippen LogP contribution < -0.4 is 5.56 Å². The lowest BCUT2D eigenvalue weighted by Gasteiger charge is -2.06. The second-order valence-corrected chi connectivity index (χ2v) is 6.31. The summed E-state index contributed by atoms with van der Waals surface area (Å²) < 4.78 is 8.08. The molecule has 3 heterocycles. The van der Waals surface area contributed by atoms with Gasteiger partial charge in [0.2, 0.25) is 5.95 Å². The molecule has 9 heteroatoms. The van der Waals surface area contributed by atoms with Gasteiger partial charge in [-0.2, -0.15) is 10.1 Å². The number of nitrogens with zero attached hydrogens (tertiary/aromatic N) is 5. The Hall–Kier alpha value is -3.75. The molecule has 0 atom stereocenters. The van der Waals surface area contributed by atoms with Gasteiger partial charge in [0.05, 0.1) is 31.2 Å². The zero-order chi connectivity index (χ0) is 19.7. The van der Waals surface area contributed by atoms with Crippen molar-refractivity contribution < 1.29 is 9.53 Å². The third kappa shape index (κ3) is 3.29. The fraction of sp³-hybridized carbons (Fsp3) is 0.211. The van der Waals surface area contributed by atoms with E-state index in [4.69, 9.17) is 4.74 Å². The maximum Gasteiger partial charge on any atom is 0.341 e. The largest absolute Gasteiger partial charge is 0.462 e. The van der Waals surface area contributed by atoms with E-state index in [9.17, 15) is 9.59 Å². The molecule has 28 heavy (non-hydrogen) atoms. The molecule has 0 saturated carbocycles. The Morgan fingerprint density at radius 3 is 2.79 bits per heavy atom. The van der Waals surface area contributed by atoms with Crippen LogP contribution in [0.5, 0.6) is 0 Å². The number of hydrogen-bond donors (Lipinski definition) is 1. The van der Waals surface area contributed by atoms with Crippen LogP contribution in [0.4, 0.5) is 0 Å². The maximum absolute atomic E-state index is 12.4. The highest BCUT2D eigenvalue weighted by Crippen LogP contribution is 2.12. The molecule has 9 nitrogen and oxygen atoms in total. The van der Waals surface area contributed by atoms with Crippen LogP contribution in [0.2, 0.25) is 0 Å². The van der Waals surface area contributed by atoms with Crippen molar-refractivity contribution >= 4 is 17.1 Å². The first-order valence-corrected chi connectivity index (χ1v) is 8.78. The monoisotopic (exact) mass is 378 g/mol. The van der Waals surface area contributed by atoms with Gasteiger partial charge in [0.15, 0.2) is 11.2 Å². The topological polar surface area (TPSA) is 108 Å². The number of esters is 1. The number of benzene rings is 1. The second kappa shape index (κ2) is 7.10. The lowest BCUT2D eigenvalue weighted by Crippen LogP contribution is -2.15. The first-order chi connectivity index (χ1) is 13.5. The SMILES string of the molecule is CCOC(=O)c1cnn(-c2nc3c(ncn3Cc3ccc(C)cc3)c(=O)[nH]2)c1. The molecule has 4 aromatic rings. The molecule has 0 radical (unpaired) electrons. The minimum absolute atomic E-state index is 0.193. The van der Waals surface area contributed by atoms with Gasteiger partial charge in [-0.05, 0) is 19.4 Å². The van der Waals surface area contributed by atoms with Crippen LogP contribution >= 0.6 is 0 Å². The number of carbonyl (C=O) groups is 1. The number of imidazole rings is 1. The second-order valence-electron chi connectivity index (χ2n) is 6.31. The molecular weight excluding hydrogens is 360 g/mol. The van der Waals surface area contributed by atoms with Crippen molar-refractivity contribution in [2.75, 3.05) is 6.61 Å². The Morgan fingerprint density at radius 1 is 1.25 bits per heavy atom. The molecule has 0 aliphatic rings. The Bertz CT molecular complexity index is 1200. The minimum Gasteiger partial charge on any atom is -0.462 e. The summed E-state index contributed by atoms with van der Waals surface area (Å²) in [5, 5.41) is 4.10. The van der Waals surface area contributed by atoms with Crippen LogP contribution in [-0.4, -0.2) is 41.9 Å². The van der Waals surface area contributed by atoms with Gasteiger partial charge in [-0.1, -0.05) is 29.8 Å².